The molecule has 0 spiro atoms. The fourth-order valence-corrected chi connectivity index (χ4v) is 1.83. The van der Waals surface area contributed by atoms with Crippen molar-refractivity contribution in [3.05, 3.63) is 34.7 Å². The Hall–Kier alpha value is -2.05. The molecule has 1 heterocycles. The molecule has 0 atom stereocenters. The molecule has 114 valence electrons. The summed E-state index contributed by atoms with van der Waals surface area (Å²) in [6, 6.07) is 7.14. The SMILES string of the molecule is COCCOc1c(OCCOC)c2ccccc2oc1=O. The molecule has 0 radical (unpaired) electrons. The molecule has 1 aromatic carbocycles. The summed E-state index contributed by atoms with van der Waals surface area (Å²) in [5.74, 6) is 0.428. The van der Waals surface area contributed by atoms with Gasteiger partial charge in [0.2, 0.25) is 5.75 Å². The van der Waals surface area contributed by atoms with Gasteiger partial charge in [-0.2, -0.15) is 0 Å². The highest BCUT2D eigenvalue weighted by atomic mass is 16.6. The maximum Gasteiger partial charge on any atom is 0.383 e. The topological polar surface area (TPSA) is 67.1 Å². The number of para-hydroxylation sites is 1. The van der Waals surface area contributed by atoms with E-state index in [1.165, 1.54) is 0 Å². The van der Waals surface area contributed by atoms with Crippen molar-refractivity contribution in [1.29, 1.82) is 0 Å². The smallest absolute Gasteiger partial charge is 0.383 e. The molecule has 21 heavy (non-hydrogen) atoms. The maximum absolute atomic E-state index is 12.0. The first-order valence-corrected chi connectivity index (χ1v) is 6.57. The van der Waals surface area contributed by atoms with E-state index in [0.29, 0.717) is 36.5 Å². The normalized spacial score (nSPS) is 10.8. The summed E-state index contributed by atoms with van der Waals surface area (Å²) in [4.78, 5) is 12.0. The van der Waals surface area contributed by atoms with Crippen LogP contribution in [-0.4, -0.2) is 40.6 Å². The van der Waals surface area contributed by atoms with Crippen LogP contribution in [0.25, 0.3) is 11.0 Å². The Morgan fingerprint density at radius 1 is 0.905 bits per heavy atom. The second-order valence-corrected chi connectivity index (χ2v) is 4.23. The third-order valence-electron chi connectivity index (χ3n) is 2.79. The van der Waals surface area contributed by atoms with Crippen molar-refractivity contribution in [2.24, 2.45) is 0 Å². The van der Waals surface area contributed by atoms with Crippen molar-refractivity contribution in [2.45, 2.75) is 0 Å². The molecule has 0 saturated heterocycles. The van der Waals surface area contributed by atoms with Gasteiger partial charge in [0, 0.05) is 14.2 Å². The third-order valence-corrected chi connectivity index (χ3v) is 2.79. The van der Waals surface area contributed by atoms with E-state index in [1.54, 1.807) is 26.4 Å². The minimum absolute atomic E-state index is 0.0573. The number of rotatable bonds is 8. The molecular weight excluding hydrogens is 276 g/mol. The highest BCUT2D eigenvalue weighted by Gasteiger charge is 2.17. The Morgan fingerprint density at radius 2 is 1.52 bits per heavy atom. The van der Waals surface area contributed by atoms with Gasteiger partial charge in [0.05, 0.1) is 18.6 Å². The lowest BCUT2D eigenvalue weighted by atomic mass is 10.2. The van der Waals surface area contributed by atoms with Crippen LogP contribution in [0.4, 0.5) is 0 Å². The van der Waals surface area contributed by atoms with Crippen LogP contribution in [-0.2, 0) is 9.47 Å². The van der Waals surface area contributed by atoms with Crippen LogP contribution in [0.3, 0.4) is 0 Å². The zero-order valence-corrected chi connectivity index (χ0v) is 12.1. The maximum atomic E-state index is 12.0. The van der Waals surface area contributed by atoms with Gasteiger partial charge in [0.15, 0.2) is 5.75 Å². The number of benzene rings is 1. The summed E-state index contributed by atoms with van der Waals surface area (Å²) in [6.07, 6.45) is 0. The van der Waals surface area contributed by atoms with E-state index in [4.69, 9.17) is 23.4 Å². The van der Waals surface area contributed by atoms with E-state index in [9.17, 15) is 4.79 Å². The predicted molar refractivity (Wildman–Crippen MR) is 77.2 cm³/mol. The number of fused-ring (bicyclic) bond motifs is 1. The molecule has 2 aromatic rings. The van der Waals surface area contributed by atoms with E-state index >= 15 is 0 Å². The summed E-state index contributed by atoms with van der Waals surface area (Å²) < 4.78 is 26.2. The Balaban J connectivity index is 2.40. The summed E-state index contributed by atoms with van der Waals surface area (Å²) in [5, 5.41) is 0.681. The second kappa shape index (κ2) is 7.66. The molecule has 6 heteroatoms. The molecule has 0 unspecified atom stereocenters. The molecule has 0 N–H and O–H groups in total. The van der Waals surface area contributed by atoms with Crippen LogP contribution in [0.5, 0.6) is 11.5 Å². The zero-order valence-electron chi connectivity index (χ0n) is 12.1. The van der Waals surface area contributed by atoms with Gasteiger partial charge in [-0.25, -0.2) is 4.79 Å². The van der Waals surface area contributed by atoms with Crippen LogP contribution in [0.1, 0.15) is 0 Å². The van der Waals surface area contributed by atoms with E-state index in [-0.39, 0.29) is 12.4 Å². The second-order valence-electron chi connectivity index (χ2n) is 4.23. The number of ether oxygens (including phenoxy) is 4. The minimum Gasteiger partial charge on any atom is -0.486 e. The van der Waals surface area contributed by atoms with Crippen LogP contribution in [0.15, 0.2) is 33.5 Å². The largest absolute Gasteiger partial charge is 0.486 e. The molecule has 0 aliphatic rings. The molecule has 6 nitrogen and oxygen atoms in total. The molecular formula is C15H18O6. The van der Waals surface area contributed by atoms with E-state index in [0.717, 1.165) is 0 Å². The van der Waals surface area contributed by atoms with Gasteiger partial charge in [-0.05, 0) is 12.1 Å². The van der Waals surface area contributed by atoms with Crippen LogP contribution < -0.4 is 15.1 Å². The molecule has 2 rings (SSSR count). The van der Waals surface area contributed by atoms with Crippen molar-refractivity contribution >= 4 is 11.0 Å². The highest BCUT2D eigenvalue weighted by molar-refractivity contribution is 5.85. The van der Waals surface area contributed by atoms with Crippen molar-refractivity contribution < 1.29 is 23.4 Å². The Morgan fingerprint density at radius 3 is 2.19 bits per heavy atom. The van der Waals surface area contributed by atoms with Gasteiger partial charge in [-0.15, -0.1) is 0 Å². The van der Waals surface area contributed by atoms with Gasteiger partial charge >= 0.3 is 5.63 Å². The first-order valence-electron chi connectivity index (χ1n) is 6.57. The van der Waals surface area contributed by atoms with Gasteiger partial charge in [-0.3, -0.25) is 0 Å². The average molecular weight is 294 g/mol. The average Bonchev–Trinajstić information content (AvgIpc) is 2.49. The molecule has 0 aliphatic carbocycles. The summed E-state index contributed by atoms with van der Waals surface area (Å²) >= 11 is 0. The number of methoxy groups -OCH3 is 2. The van der Waals surface area contributed by atoms with Crippen molar-refractivity contribution in [1.82, 2.24) is 0 Å². The molecule has 0 aliphatic heterocycles. The van der Waals surface area contributed by atoms with Gasteiger partial charge in [0.1, 0.15) is 18.8 Å². The Kier molecular flexibility index (Phi) is 5.59. The Labute approximate surface area is 122 Å². The first kappa shape index (κ1) is 15.3. The van der Waals surface area contributed by atoms with E-state index < -0.39 is 5.63 Å². The lowest BCUT2D eigenvalue weighted by Crippen LogP contribution is -2.14. The molecule has 0 saturated carbocycles. The summed E-state index contributed by atoms with van der Waals surface area (Å²) in [5.41, 5.74) is -0.119. The highest BCUT2D eigenvalue weighted by Crippen LogP contribution is 2.32. The fraction of sp³-hybridized carbons (Fsp3) is 0.400. The van der Waals surface area contributed by atoms with Crippen LogP contribution >= 0.6 is 0 Å². The molecule has 0 bridgehead atoms. The van der Waals surface area contributed by atoms with Crippen molar-refractivity contribution in [3.63, 3.8) is 0 Å². The van der Waals surface area contributed by atoms with Gasteiger partial charge in [-0.1, -0.05) is 12.1 Å². The van der Waals surface area contributed by atoms with Gasteiger partial charge < -0.3 is 23.4 Å². The molecule has 0 fully saturated rings. The summed E-state index contributed by atoms with van der Waals surface area (Å²) in [6.45, 7) is 1.32. The fourth-order valence-electron chi connectivity index (χ4n) is 1.83. The lowest BCUT2D eigenvalue weighted by Gasteiger charge is -2.13. The third kappa shape index (κ3) is 3.74. The minimum atomic E-state index is -0.572. The molecule has 0 amide bonds. The number of hydrogen-bond acceptors (Lipinski definition) is 6. The lowest BCUT2D eigenvalue weighted by molar-refractivity contribution is 0.130. The van der Waals surface area contributed by atoms with E-state index in [2.05, 4.69) is 0 Å². The first-order chi connectivity index (χ1) is 10.3. The van der Waals surface area contributed by atoms with Crippen LogP contribution in [0, 0.1) is 0 Å². The Bertz CT molecular complexity index is 634. The van der Waals surface area contributed by atoms with Crippen LogP contribution in [0.2, 0.25) is 0 Å². The van der Waals surface area contributed by atoms with Crippen molar-refractivity contribution in [3.8, 4) is 11.5 Å². The number of hydrogen-bond donors (Lipinski definition) is 0. The summed E-state index contributed by atoms with van der Waals surface area (Å²) in [7, 11) is 3.14. The zero-order chi connectivity index (χ0) is 15.1. The quantitative estimate of drug-likeness (QED) is 0.547. The van der Waals surface area contributed by atoms with E-state index in [1.807, 2.05) is 12.1 Å². The van der Waals surface area contributed by atoms with Crippen molar-refractivity contribution in [2.75, 3.05) is 40.6 Å². The van der Waals surface area contributed by atoms with Gasteiger partial charge in [0.25, 0.3) is 0 Å². The monoisotopic (exact) mass is 294 g/mol. The molecule has 1 aromatic heterocycles. The standard InChI is InChI=1S/C15H18O6/c1-17-7-9-19-13-11-5-3-4-6-12(11)21-15(16)14(13)20-10-8-18-2/h3-6H,7-10H2,1-2H3. The predicted octanol–water partition coefficient (Wildman–Crippen LogP) is 1.84.